The second-order valence-corrected chi connectivity index (χ2v) is 8.51. The third-order valence-electron chi connectivity index (χ3n) is 6.27. The van der Waals surface area contributed by atoms with Crippen molar-refractivity contribution >= 4 is 22.7 Å². The van der Waals surface area contributed by atoms with Gasteiger partial charge in [-0.1, -0.05) is 37.5 Å². The number of hydrogen-bond acceptors (Lipinski definition) is 2. The van der Waals surface area contributed by atoms with Crippen LogP contribution in [0.3, 0.4) is 0 Å². The van der Waals surface area contributed by atoms with E-state index in [1.807, 2.05) is 24.3 Å². The fourth-order valence-electron chi connectivity index (χ4n) is 4.55. The molecule has 0 atom stereocenters. The summed E-state index contributed by atoms with van der Waals surface area (Å²) in [5.41, 5.74) is 3.85. The van der Waals surface area contributed by atoms with Crippen LogP contribution in [-0.4, -0.2) is 29.9 Å². The maximum atomic E-state index is 13.4. The molecule has 5 nitrogen and oxygen atoms in total. The van der Waals surface area contributed by atoms with Crippen molar-refractivity contribution in [2.75, 3.05) is 13.1 Å². The Balaban J connectivity index is 1.32. The minimum atomic E-state index is -0.277. The third kappa shape index (κ3) is 5.36. The smallest absolute Gasteiger partial charge is 0.223 e. The number of nitrogens with one attached hydrogen (secondary N) is 3. The summed E-state index contributed by atoms with van der Waals surface area (Å²) < 4.78 is 13.4. The van der Waals surface area contributed by atoms with Crippen LogP contribution < -0.4 is 10.6 Å². The van der Waals surface area contributed by atoms with Crippen LogP contribution in [-0.2, 0) is 16.0 Å². The average Bonchev–Trinajstić information content (AvgIpc) is 3.20. The van der Waals surface area contributed by atoms with Gasteiger partial charge in [0.1, 0.15) is 5.82 Å². The van der Waals surface area contributed by atoms with Crippen LogP contribution >= 0.6 is 0 Å². The molecule has 0 spiro atoms. The number of halogens is 1. The van der Waals surface area contributed by atoms with Gasteiger partial charge in [-0.15, -0.1) is 0 Å². The van der Waals surface area contributed by atoms with Gasteiger partial charge in [-0.3, -0.25) is 9.59 Å². The number of aromatic amines is 1. The lowest BCUT2D eigenvalue weighted by Gasteiger charge is -2.20. The number of para-hydroxylation sites is 1. The number of H-pyrrole nitrogens is 1. The lowest BCUT2D eigenvalue weighted by molar-refractivity contribution is -0.126. The molecule has 1 saturated carbocycles. The summed E-state index contributed by atoms with van der Waals surface area (Å²) in [6, 6.07) is 14.4. The molecule has 1 aromatic heterocycles. The molecule has 3 N–H and O–H groups in total. The Morgan fingerprint density at radius 2 is 1.66 bits per heavy atom. The number of benzene rings is 2. The van der Waals surface area contributed by atoms with Crippen molar-refractivity contribution in [2.24, 2.45) is 5.92 Å². The predicted octanol–water partition coefficient (Wildman–Crippen LogP) is 4.72. The van der Waals surface area contributed by atoms with E-state index in [0.29, 0.717) is 25.9 Å². The summed E-state index contributed by atoms with van der Waals surface area (Å²) in [5.74, 6) is -0.0819. The number of hydrogen-bond donors (Lipinski definition) is 3. The molecular formula is C26H30FN3O2. The first-order valence-corrected chi connectivity index (χ1v) is 11.5. The third-order valence-corrected chi connectivity index (χ3v) is 6.27. The SMILES string of the molecule is O=C(CCc1c(-c2ccc(F)cc2)[nH]c2ccccc12)NCCNC(=O)C1CCCCC1. The summed E-state index contributed by atoms with van der Waals surface area (Å²) in [5, 5.41) is 6.92. The highest BCUT2D eigenvalue weighted by atomic mass is 19.1. The van der Waals surface area contributed by atoms with Gasteiger partial charge in [0.2, 0.25) is 11.8 Å². The molecule has 32 heavy (non-hydrogen) atoms. The highest BCUT2D eigenvalue weighted by Gasteiger charge is 2.20. The van der Waals surface area contributed by atoms with Gasteiger partial charge in [0, 0.05) is 42.0 Å². The lowest BCUT2D eigenvalue weighted by atomic mass is 9.89. The van der Waals surface area contributed by atoms with Crippen LogP contribution in [0.1, 0.15) is 44.1 Å². The Kier molecular flexibility index (Phi) is 7.20. The van der Waals surface area contributed by atoms with E-state index in [-0.39, 0.29) is 23.5 Å². The summed E-state index contributed by atoms with van der Waals surface area (Å²) in [7, 11) is 0. The fraction of sp³-hybridized carbons (Fsp3) is 0.385. The van der Waals surface area contributed by atoms with E-state index in [4.69, 9.17) is 0 Å². The number of rotatable bonds is 8. The van der Waals surface area contributed by atoms with E-state index < -0.39 is 0 Å². The molecule has 0 radical (unpaired) electrons. The zero-order valence-electron chi connectivity index (χ0n) is 18.3. The molecule has 0 saturated heterocycles. The fourth-order valence-corrected chi connectivity index (χ4v) is 4.55. The Hall–Kier alpha value is -3.15. The van der Waals surface area contributed by atoms with E-state index in [2.05, 4.69) is 15.6 Å². The van der Waals surface area contributed by atoms with Gasteiger partial charge < -0.3 is 15.6 Å². The molecule has 1 aliphatic carbocycles. The first-order valence-electron chi connectivity index (χ1n) is 11.5. The van der Waals surface area contributed by atoms with Gasteiger partial charge in [-0.2, -0.15) is 0 Å². The predicted molar refractivity (Wildman–Crippen MR) is 125 cm³/mol. The Morgan fingerprint density at radius 1 is 0.938 bits per heavy atom. The molecule has 3 aromatic rings. The van der Waals surface area contributed by atoms with Gasteiger partial charge in [0.25, 0.3) is 0 Å². The second-order valence-electron chi connectivity index (χ2n) is 8.51. The second kappa shape index (κ2) is 10.4. The van der Waals surface area contributed by atoms with Crippen molar-refractivity contribution in [1.82, 2.24) is 15.6 Å². The molecule has 1 aliphatic rings. The van der Waals surface area contributed by atoms with Crippen molar-refractivity contribution in [3.8, 4) is 11.3 Å². The largest absolute Gasteiger partial charge is 0.354 e. The van der Waals surface area contributed by atoms with Crippen molar-refractivity contribution in [2.45, 2.75) is 44.9 Å². The number of aromatic nitrogens is 1. The number of carbonyl (C=O) groups excluding carboxylic acids is 2. The standard InChI is InChI=1S/C26H30FN3O2/c27-20-12-10-18(11-13-20)25-22(21-8-4-5-9-23(21)30-25)14-15-24(31)28-16-17-29-26(32)19-6-2-1-3-7-19/h4-5,8-13,19,30H,1-3,6-7,14-17H2,(H,28,31)(H,29,32). The molecule has 6 heteroatoms. The summed E-state index contributed by atoms with van der Waals surface area (Å²) in [6.07, 6.45) is 6.33. The van der Waals surface area contributed by atoms with Gasteiger partial charge in [-0.25, -0.2) is 4.39 Å². The number of amides is 2. The minimum absolute atomic E-state index is 0.0488. The van der Waals surface area contributed by atoms with Crippen molar-refractivity contribution in [3.05, 3.63) is 59.9 Å². The first kappa shape index (κ1) is 22.1. The van der Waals surface area contributed by atoms with E-state index >= 15 is 0 Å². The maximum Gasteiger partial charge on any atom is 0.223 e. The van der Waals surface area contributed by atoms with Gasteiger partial charge in [-0.05, 0) is 60.7 Å². The average molecular weight is 436 g/mol. The molecule has 2 amide bonds. The van der Waals surface area contributed by atoms with E-state index in [1.54, 1.807) is 12.1 Å². The van der Waals surface area contributed by atoms with Gasteiger partial charge in [0.15, 0.2) is 0 Å². The molecule has 0 unspecified atom stereocenters. The number of fused-ring (bicyclic) bond motifs is 1. The molecule has 2 aromatic carbocycles. The van der Waals surface area contributed by atoms with Crippen molar-refractivity contribution < 1.29 is 14.0 Å². The van der Waals surface area contributed by atoms with E-state index in [1.165, 1.54) is 18.6 Å². The molecule has 168 valence electrons. The van der Waals surface area contributed by atoms with Crippen LogP contribution in [0.2, 0.25) is 0 Å². The van der Waals surface area contributed by atoms with Crippen LogP contribution in [0.5, 0.6) is 0 Å². The summed E-state index contributed by atoms with van der Waals surface area (Å²) in [4.78, 5) is 28.0. The summed E-state index contributed by atoms with van der Waals surface area (Å²) in [6.45, 7) is 0.880. The Bertz CT molecular complexity index is 1070. The minimum Gasteiger partial charge on any atom is -0.354 e. The molecule has 0 bridgehead atoms. The van der Waals surface area contributed by atoms with Gasteiger partial charge >= 0.3 is 0 Å². The Labute approximate surface area is 187 Å². The highest BCUT2D eigenvalue weighted by molar-refractivity contribution is 5.91. The summed E-state index contributed by atoms with van der Waals surface area (Å²) >= 11 is 0. The van der Waals surface area contributed by atoms with Crippen molar-refractivity contribution in [1.29, 1.82) is 0 Å². The normalized spacial score (nSPS) is 14.4. The number of aryl methyl sites for hydroxylation is 1. The highest BCUT2D eigenvalue weighted by Crippen LogP contribution is 2.31. The van der Waals surface area contributed by atoms with E-state index in [0.717, 1.165) is 53.4 Å². The molecule has 1 fully saturated rings. The zero-order chi connectivity index (χ0) is 22.3. The molecule has 4 rings (SSSR count). The van der Waals surface area contributed by atoms with Crippen molar-refractivity contribution in [3.63, 3.8) is 0 Å². The van der Waals surface area contributed by atoms with Crippen LogP contribution in [0.25, 0.3) is 22.2 Å². The maximum absolute atomic E-state index is 13.4. The van der Waals surface area contributed by atoms with Crippen LogP contribution in [0.15, 0.2) is 48.5 Å². The van der Waals surface area contributed by atoms with Crippen LogP contribution in [0, 0.1) is 11.7 Å². The topological polar surface area (TPSA) is 74.0 Å². The van der Waals surface area contributed by atoms with Crippen LogP contribution in [0.4, 0.5) is 4.39 Å². The first-order chi connectivity index (χ1) is 15.6. The van der Waals surface area contributed by atoms with Gasteiger partial charge in [0.05, 0.1) is 0 Å². The molecular weight excluding hydrogens is 405 g/mol. The Morgan fingerprint density at radius 3 is 2.44 bits per heavy atom. The molecule has 1 heterocycles. The quantitative estimate of drug-likeness (QED) is 0.448. The monoisotopic (exact) mass is 435 g/mol. The van der Waals surface area contributed by atoms with E-state index in [9.17, 15) is 14.0 Å². The number of carbonyl (C=O) groups is 2. The molecule has 0 aliphatic heterocycles. The lowest BCUT2D eigenvalue weighted by Crippen LogP contribution is -2.38. The zero-order valence-corrected chi connectivity index (χ0v) is 18.3.